The van der Waals surface area contributed by atoms with Gasteiger partial charge in [-0.3, -0.25) is 0 Å². The molecule has 58 valence electrons. The average molecular weight is 140 g/mol. The smallest absolute Gasteiger partial charge is 0.0761 e. The van der Waals surface area contributed by atoms with Crippen molar-refractivity contribution in [3.8, 4) is 0 Å². The second-order valence-electron chi connectivity index (χ2n) is 4.32. The maximum atomic E-state index is 4.24. The molecule has 0 N–H and O–H groups in total. The molecule has 0 aromatic rings. The molecule has 0 aromatic heterocycles. The summed E-state index contributed by atoms with van der Waals surface area (Å²) in [4.78, 5) is 0. The van der Waals surface area contributed by atoms with Gasteiger partial charge in [-0.25, -0.2) is 0 Å². The summed E-state index contributed by atoms with van der Waals surface area (Å²) < 4.78 is 0. The van der Waals surface area contributed by atoms with Crippen molar-refractivity contribution in [3.63, 3.8) is 0 Å². The van der Waals surface area contributed by atoms with E-state index in [4.69, 9.17) is 0 Å². The van der Waals surface area contributed by atoms with Crippen LogP contribution in [0.2, 0.25) is 0 Å². The zero-order valence-corrected chi connectivity index (χ0v) is 7.31. The first-order valence-electron chi connectivity index (χ1n) is 3.85. The fourth-order valence-corrected chi connectivity index (χ4v) is 0.983. The number of azo groups is 1. The van der Waals surface area contributed by atoms with Gasteiger partial charge in [-0.05, 0) is 40.5 Å². The Kier molecular flexibility index (Phi) is 1.57. The van der Waals surface area contributed by atoms with Crippen molar-refractivity contribution in [2.45, 2.75) is 51.6 Å². The standard InChI is InChI=1S/C8H16N2/c1-7(2)5-6-8(3,4)10-9-7/h5-6H2,1-4H3. The fraction of sp³-hybridized carbons (Fsp3) is 1.00. The average Bonchev–Trinajstić information content (AvgIpc) is 1.79. The number of hydrogen-bond acceptors (Lipinski definition) is 2. The van der Waals surface area contributed by atoms with Crippen LogP contribution in [0.5, 0.6) is 0 Å². The molecule has 0 aliphatic carbocycles. The van der Waals surface area contributed by atoms with E-state index in [1.807, 2.05) is 0 Å². The van der Waals surface area contributed by atoms with E-state index in [1.54, 1.807) is 0 Å². The summed E-state index contributed by atoms with van der Waals surface area (Å²) in [5, 5.41) is 8.48. The number of nitrogens with zero attached hydrogens (tertiary/aromatic N) is 2. The molecule has 10 heavy (non-hydrogen) atoms. The van der Waals surface area contributed by atoms with Gasteiger partial charge in [0.2, 0.25) is 0 Å². The highest BCUT2D eigenvalue weighted by Gasteiger charge is 2.28. The van der Waals surface area contributed by atoms with Gasteiger partial charge < -0.3 is 0 Å². The largest absolute Gasteiger partial charge is 0.187 e. The molecule has 0 saturated heterocycles. The van der Waals surface area contributed by atoms with Crippen LogP contribution in [0.3, 0.4) is 0 Å². The normalized spacial score (nSPS) is 28.4. The predicted octanol–water partition coefficient (Wildman–Crippen LogP) is 2.79. The van der Waals surface area contributed by atoms with Crippen LogP contribution in [0.4, 0.5) is 0 Å². The third-order valence-electron chi connectivity index (χ3n) is 1.94. The molecule has 1 heterocycles. The lowest BCUT2D eigenvalue weighted by atomic mass is 9.89. The van der Waals surface area contributed by atoms with Crippen molar-refractivity contribution in [2.24, 2.45) is 10.2 Å². The summed E-state index contributed by atoms with van der Waals surface area (Å²) in [6.07, 6.45) is 2.31. The van der Waals surface area contributed by atoms with E-state index in [0.717, 1.165) is 12.8 Å². The Hall–Kier alpha value is -0.400. The second kappa shape index (κ2) is 2.04. The highest BCUT2D eigenvalue weighted by atomic mass is 15.2. The minimum atomic E-state index is 0.0928. The molecule has 1 aliphatic rings. The van der Waals surface area contributed by atoms with E-state index in [0.29, 0.717) is 0 Å². The summed E-state index contributed by atoms with van der Waals surface area (Å²) in [5.74, 6) is 0. The van der Waals surface area contributed by atoms with Crippen molar-refractivity contribution in [3.05, 3.63) is 0 Å². The molecule has 0 spiro atoms. The summed E-state index contributed by atoms with van der Waals surface area (Å²) in [6, 6.07) is 0. The van der Waals surface area contributed by atoms with Crippen LogP contribution in [0.15, 0.2) is 10.2 Å². The summed E-state index contributed by atoms with van der Waals surface area (Å²) in [6.45, 7) is 8.52. The second-order valence-corrected chi connectivity index (χ2v) is 4.32. The van der Waals surface area contributed by atoms with Crippen LogP contribution >= 0.6 is 0 Å². The first kappa shape index (κ1) is 7.70. The Morgan fingerprint density at radius 2 is 1.10 bits per heavy atom. The molecule has 0 aromatic carbocycles. The van der Waals surface area contributed by atoms with Crippen molar-refractivity contribution in [2.75, 3.05) is 0 Å². The van der Waals surface area contributed by atoms with Gasteiger partial charge in [-0.2, -0.15) is 10.2 Å². The van der Waals surface area contributed by atoms with Crippen LogP contribution < -0.4 is 0 Å². The van der Waals surface area contributed by atoms with Crippen molar-refractivity contribution in [1.82, 2.24) is 0 Å². The molecule has 1 rings (SSSR count). The summed E-state index contributed by atoms with van der Waals surface area (Å²) in [7, 11) is 0. The quantitative estimate of drug-likeness (QED) is 0.494. The van der Waals surface area contributed by atoms with E-state index in [2.05, 4.69) is 37.9 Å². The van der Waals surface area contributed by atoms with Gasteiger partial charge in [-0.15, -0.1) is 0 Å². The van der Waals surface area contributed by atoms with Crippen molar-refractivity contribution >= 4 is 0 Å². The minimum Gasteiger partial charge on any atom is -0.187 e. The van der Waals surface area contributed by atoms with Gasteiger partial charge in [0.05, 0.1) is 11.1 Å². The van der Waals surface area contributed by atoms with Crippen molar-refractivity contribution in [1.29, 1.82) is 0 Å². The lowest BCUT2D eigenvalue weighted by Crippen LogP contribution is -2.29. The maximum absolute atomic E-state index is 4.24. The zero-order valence-electron chi connectivity index (χ0n) is 7.31. The van der Waals surface area contributed by atoms with E-state index < -0.39 is 0 Å². The SMILES string of the molecule is CC1(C)CCC(C)(C)N=N1. The first-order chi connectivity index (χ1) is 4.41. The van der Waals surface area contributed by atoms with Crippen LogP contribution in [-0.4, -0.2) is 11.1 Å². The Labute approximate surface area is 62.7 Å². The van der Waals surface area contributed by atoms with Gasteiger partial charge in [-0.1, -0.05) is 0 Å². The van der Waals surface area contributed by atoms with Crippen LogP contribution in [0, 0.1) is 0 Å². The molecule has 0 bridgehead atoms. The topological polar surface area (TPSA) is 24.7 Å². The monoisotopic (exact) mass is 140 g/mol. The fourth-order valence-electron chi connectivity index (χ4n) is 0.983. The number of hydrogen-bond donors (Lipinski definition) is 0. The van der Waals surface area contributed by atoms with Crippen LogP contribution in [0.1, 0.15) is 40.5 Å². The van der Waals surface area contributed by atoms with E-state index in [1.165, 1.54) is 0 Å². The summed E-state index contributed by atoms with van der Waals surface area (Å²) >= 11 is 0. The molecular weight excluding hydrogens is 124 g/mol. The Morgan fingerprint density at radius 3 is 1.30 bits per heavy atom. The summed E-state index contributed by atoms with van der Waals surface area (Å²) in [5.41, 5.74) is 0.186. The van der Waals surface area contributed by atoms with Gasteiger partial charge in [0, 0.05) is 0 Å². The van der Waals surface area contributed by atoms with Gasteiger partial charge in [0.15, 0.2) is 0 Å². The third kappa shape index (κ3) is 1.79. The Bertz CT molecular complexity index is 139. The molecule has 0 unspecified atom stereocenters. The molecule has 0 fully saturated rings. The molecule has 0 amide bonds. The first-order valence-corrected chi connectivity index (χ1v) is 3.85. The highest BCUT2D eigenvalue weighted by Crippen LogP contribution is 2.30. The lowest BCUT2D eigenvalue weighted by Gasteiger charge is -2.30. The Morgan fingerprint density at radius 1 is 0.800 bits per heavy atom. The van der Waals surface area contributed by atoms with Crippen LogP contribution in [0.25, 0.3) is 0 Å². The molecule has 2 heteroatoms. The maximum Gasteiger partial charge on any atom is 0.0761 e. The molecule has 0 atom stereocenters. The Balaban J connectivity index is 2.70. The van der Waals surface area contributed by atoms with E-state index >= 15 is 0 Å². The van der Waals surface area contributed by atoms with E-state index in [9.17, 15) is 0 Å². The third-order valence-corrected chi connectivity index (χ3v) is 1.94. The predicted molar refractivity (Wildman–Crippen MR) is 42.2 cm³/mol. The lowest BCUT2D eigenvalue weighted by molar-refractivity contribution is 0.297. The van der Waals surface area contributed by atoms with Gasteiger partial charge in [0.25, 0.3) is 0 Å². The highest BCUT2D eigenvalue weighted by molar-refractivity contribution is 4.88. The zero-order chi connectivity index (χ0) is 7.83. The van der Waals surface area contributed by atoms with Gasteiger partial charge in [0.1, 0.15) is 0 Å². The minimum absolute atomic E-state index is 0.0928. The molecular formula is C8H16N2. The molecule has 0 saturated carbocycles. The van der Waals surface area contributed by atoms with Crippen molar-refractivity contribution < 1.29 is 0 Å². The van der Waals surface area contributed by atoms with Gasteiger partial charge >= 0.3 is 0 Å². The molecule has 2 nitrogen and oxygen atoms in total. The van der Waals surface area contributed by atoms with E-state index in [-0.39, 0.29) is 11.1 Å². The molecule has 1 aliphatic heterocycles. The molecule has 0 radical (unpaired) electrons. The number of rotatable bonds is 0. The van der Waals surface area contributed by atoms with Crippen LogP contribution in [-0.2, 0) is 0 Å².